The van der Waals surface area contributed by atoms with Crippen LogP contribution in [0.4, 0.5) is 5.69 Å². The molecule has 1 aromatic heterocycles. The molecule has 0 saturated heterocycles. The van der Waals surface area contributed by atoms with Crippen LogP contribution >= 0.6 is 0 Å². The molecule has 2 aromatic rings. The first-order chi connectivity index (χ1) is 10.6. The highest BCUT2D eigenvalue weighted by atomic mass is 16.5. The molecule has 2 N–H and O–H groups in total. The Hall–Kier alpha value is -2.27. The summed E-state index contributed by atoms with van der Waals surface area (Å²) < 4.78 is 10.6. The lowest BCUT2D eigenvalue weighted by molar-refractivity contribution is -0.116. The molecule has 2 unspecified atom stereocenters. The van der Waals surface area contributed by atoms with E-state index in [-0.39, 0.29) is 18.0 Å². The summed E-state index contributed by atoms with van der Waals surface area (Å²) in [7, 11) is 1.58. The summed E-state index contributed by atoms with van der Waals surface area (Å²) in [5.74, 6) is 1.45. The predicted molar refractivity (Wildman–Crippen MR) is 86.0 cm³/mol. The number of rotatable bonds is 7. The van der Waals surface area contributed by atoms with E-state index < -0.39 is 0 Å². The van der Waals surface area contributed by atoms with Crippen LogP contribution in [-0.4, -0.2) is 19.1 Å². The SMILES string of the molecule is COc1ccccc1NC(=O)CC(C)NC(C)c1ccco1. The summed E-state index contributed by atoms with van der Waals surface area (Å²) in [6.07, 6.45) is 2.01. The first-order valence-electron chi connectivity index (χ1n) is 7.32. The second-order valence-electron chi connectivity index (χ2n) is 5.26. The Morgan fingerprint density at radius 1 is 1.23 bits per heavy atom. The number of ether oxygens (including phenoxy) is 1. The highest BCUT2D eigenvalue weighted by Gasteiger charge is 2.15. The van der Waals surface area contributed by atoms with Crippen molar-refractivity contribution in [1.82, 2.24) is 5.32 Å². The van der Waals surface area contributed by atoms with E-state index in [9.17, 15) is 4.79 Å². The quantitative estimate of drug-likeness (QED) is 0.823. The molecule has 2 atom stereocenters. The number of furan rings is 1. The highest BCUT2D eigenvalue weighted by molar-refractivity contribution is 5.92. The van der Waals surface area contributed by atoms with Crippen molar-refractivity contribution in [2.75, 3.05) is 12.4 Å². The van der Waals surface area contributed by atoms with Crippen LogP contribution in [0.15, 0.2) is 47.1 Å². The van der Waals surface area contributed by atoms with Crippen molar-refractivity contribution in [1.29, 1.82) is 0 Å². The van der Waals surface area contributed by atoms with Crippen LogP contribution in [0.5, 0.6) is 5.75 Å². The van der Waals surface area contributed by atoms with Gasteiger partial charge in [-0.1, -0.05) is 12.1 Å². The van der Waals surface area contributed by atoms with Gasteiger partial charge in [0, 0.05) is 12.5 Å². The summed E-state index contributed by atoms with van der Waals surface area (Å²) >= 11 is 0. The number of carbonyl (C=O) groups excluding carboxylic acids is 1. The first-order valence-corrected chi connectivity index (χ1v) is 7.32. The Morgan fingerprint density at radius 2 is 2.00 bits per heavy atom. The molecule has 0 bridgehead atoms. The molecule has 118 valence electrons. The van der Waals surface area contributed by atoms with Gasteiger partial charge in [0.25, 0.3) is 0 Å². The smallest absolute Gasteiger partial charge is 0.226 e. The number of hydrogen-bond donors (Lipinski definition) is 2. The maximum atomic E-state index is 12.1. The molecule has 1 amide bonds. The third-order valence-electron chi connectivity index (χ3n) is 3.38. The first kappa shape index (κ1) is 16.1. The summed E-state index contributed by atoms with van der Waals surface area (Å²) in [5, 5.41) is 6.21. The van der Waals surface area contributed by atoms with Crippen molar-refractivity contribution in [2.24, 2.45) is 0 Å². The average molecular weight is 302 g/mol. The second-order valence-corrected chi connectivity index (χ2v) is 5.26. The molecule has 5 nitrogen and oxygen atoms in total. The lowest BCUT2D eigenvalue weighted by atomic mass is 10.1. The molecular formula is C17H22N2O3. The van der Waals surface area contributed by atoms with Gasteiger partial charge < -0.3 is 19.8 Å². The van der Waals surface area contributed by atoms with E-state index in [4.69, 9.17) is 9.15 Å². The number of methoxy groups -OCH3 is 1. The monoisotopic (exact) mass is 302 g/mol. The molecule has 0 radical (unpaired) electrons. The molecule has 0 aliphatic rings. The van der Waals surface area contributed by atoms with Crippen molar-refractivity contribution in [2.45, 2.75) is 32.4 Å². The lowest BCUT2D eigenvalue weighted by Crippen LogP contribution is -2.32. The van der Waals surface area contributed by atoms with Gasteiger partial charge in [0.1, 0.15) is 11.5 Å². The molecular weight excluding hydrogens is 280 g/mol. The van der Waals surface area contributed by atoms with Crippen LogP contribution < -0.4 is 15.4 Å². The Labute approximate surface area is 130 Å². The zero-order valence-electron chi connectivity index (χ0n) is 13.1. The van der Waals surface area contributed by atoms with Crippen LogP contribution in [0.25, 0.3) is 0 Å². The second kappa shape index (κ2) is 7.66. The van der Waals surface area contributed by atoms with Gasteiger partial charge >= 0.3 is 0 Å². The van der Waals surface area contributed by atoms with Gasteiger partial charge in [-0.3, -0.25) is 4.79 Å². The number of amides is 1. The van der Waals surface area contributed by atoms with Crippen molar-refractivity contribution >= 4 is 11.6 Å². The summed E-state index contributed by atoms with van der Waals surface area (Å²) in [4.78, 5) is 12.1. The van der Waals surface area contributed by atoms with Crippen molar-refractivity contribution in [3.8, 4) is 5.75 Å². The molecule has 5 heteroatoms. The van der Waals surface area contributed by atoms with Crippen molar-refractivity contribution in [3.05, 3.63) is 48.4 Å². The maximum Gasteiger partial charge on any atom is 0.226 e. The van der Waals surface area contributed by atoms with E-state index in [1.165, 1.54) is 0 Å². The van der Waals surface area contributed by atoms with E-state index in [1.807, 2.05) is 50.2 Å². The minimum absolute atomic E-state index is 0.0230. The zero-order valence-corrected chi connectivity index (χ0v) is 13.1. The van der Waals surface area contributed by atoms with Gasteiger partial charge in [0.2, 0.25) is 5.91 Å². The lowest BCUT2D eigenvalue weighted by Gasteiger charge is -2.18. The van der Waals surface area contributed by atoms with Crippen LogP contribution in [-0.2, 0) is 4.79 Å². The van der Waals surface area contributed by atoms with Gasteiger partial charge in [-0.05, 0) is 38.1 Å². The molecule has 2 rings (SSSR count). The van der Waals surface area contributed by atoms with Crippen molar-refractivity contribution < 1.29 is 13.9 Å². The number of para-hydroxylation sites is 2. The van der Waals surface area contributed by atoms with E-state index in [1.54, 1.807) is 13.4 Å². The van der Waals surface area contributed by atoms with Crippen LogP contribution in [0.2, 0.25) is 0 Å². The van der Waals surface area contributed by atoms with E-state index in [0.717, 1.165) is 5.76 Å². The normalized spacial score (nSPS) is 13.4. The molecule has 1 heterocycles. The fourth-order valence-electron chi connectivity index (χ4n) is 2.33. The Morgan fingerprint density at radius 3 is 2.68 bits per heavy atom. The molecule has 0 fully saturated rings. The van der Waals surface area contributed by atoms with E-state index >= 15 is 0 Å². The van der Waals surface area contributed by atoms with E-state index in [2.05, 4.69) is 10.6 Å². The molecule has 22 heavy (non-hydrogen) atoms. The van der Waals surface area contributed by atoms with Crippen LogP contribution in [0.3, 0.4) is 0 Å². The Kier molecular flexibility index (Phi) is 5.61. The molecule has 0 aliphatic heterocycles. The number of nitrogens with one attached hydrogen (secondary N) is 2. The minimum atomic E-state index is -0.0591. The van der Waals surface area contributed by atoms with Gasteiger partial charge in [-0.15, -0.1) is 0 Å². The molecule has 0 spiro atoms. The third-order valence-corrected chi connectivity index (χ3v) is 3.38. The van der Waals surface area contributed by atoms with Crippen molar-refractivity contribution in [3.63, 3.8) is 0 Å². The van der Waals surface area contributed by atoms with Gasteiger partial charge in [0.15, 0.2) is 0 Å². The topological polar surface area (TPSA) is 63.5 Å². The standard InChI is InChI=1S/C17H22N2O3/c1-12(18-13(2)15-9-6-10-22-15)11-17(20)19-14-7-4-5-8-16(14)21-3/h4-10,12-13,18H,11H2,1-3H3,(H,19,20). The molecule has 0 aliphatic carbocycles. The number of benzene rings is 1. The van der Waals surface area contributed by atoms with Crippen LogP contribution in [0.1, 0.15) is 32.1 Å². The number of anilines is 1. The molecule has 1 aromatic carbocycles. The predicted octanol–water partition coefficient (Wildman–Crippen LogP) is 3.36. The zero-order chi connectivity index (χ0) is 15.9. The number of carbonyl (C=O) groups is 1. The number of hydrogen-bond acceptors (Lipinski definition) is 4. The highest BCUT2D eigenvalue weighted by Crippen LogP contribution is 2.23. The largest absolute Gasteiger partial charge is 0.495 e. The summed E-state index contributed by atoms with van der Waals surface area (Å²) in [5.41, 5.74) is 0.682. The van der Waals surface area contributed by atoms with Gasteiger partial charge in [-0.25, -0.2) is 0 Å². The molecule has 0 saturated carbocycles. The van der Waals surface area contributed by atoms with Gasteiger partial charge in [0.05, 0.1) is 25.1 Å². The summed E-state index contributed by atoms with van der Waals surface area (Å²) in [6.45, 7) is 3.98. The Balaban J connectivity index is 1.86. The van der Waals surface area contributed by atoms with E-state index in [0.29, 0.717) is 17.9 Å². The van der Waals surface area contributed by atoms with Crippen LogP contribution in [0, 0.1) is 0 Å². The average Bonchev–Trinajstić information content (AvgIpc) is 3.01. The minimum Gasteiger partial charge on any atom is -0.495 e. The third kappa shape index (κ3) is 4.36. The Bertz CT molecular complexity index is 596. The summed E-state index contributed by atoms with van der Waals surface area (Å²) in [6, 6.07) is 11.2. The van der Waals surface area contributed by atoms with Gasteiger partial charge in [-0.2, -0.15) is 0 Å². The fourth-order valence-corrected chi connectivity index (χ4v) is 2.33. The fraction of sp³-hybridized carbons (Fsp3) is 0.353. The maximum absolute atomic E-state index is 12.1.